The van der Waals surface area contributed by atoms with Crippen molar-refractivity contribution in [2.75, 3.05) is 44.1 Å². The number of halogens is 3. The predicted octanol–water partition coefficient (Wildman–Crippen LogP) is 4.79. The molecular weight excluding hydrogens is 437 g/mol. The SMILES string of the molecule is FC(F)(F)c1ccc(SNc2cccc3ccc(CNCCN4CCOCC4)nc23)cc1. The first-order chi connectivity index (χ1) is 15.5. The second kappa shape index (κ2) is 10.5. The summed E-state index contributed by atoms with van der Waals surface area (Å²) in [6.07, 6.45) is -4.33. The van der Waals surface area contributed by atoms with Crippen LogP contribution in [0.15, 0.2) is 59.5 Å². The predicted molar refractivity (Wildman–Crippen MR) is 122 cm³/mol. The number of benzene rings is 2. The second-order valence-electron chi connectivity index (χ2n) is 7.54. The van der Waals surface area contributed by atoms with E-state index in [1.54, 1.807) is 0 Å². The molecule has 0 radical (unpaired) electrons. The van der Waals surface area contributed by atoms with Crippen LogP contribution in [-0.2, 0) is 17.5 Å². The number of para-hydroxylation sites is 1. The number of morpholine rings is 1. The summed E-state index contributed by atoms with van der Waals surface area (Å²) in [5.41, 5.74) is 1.94. The van der Waals surface area contributed by atoms with Crippen molar-refractivity contribution in [3.63, 3.8) is 0 Å². The van der Waals surface area contributed by atoms with Gasteiger partial charge in [-0.25, -0.2) is 4.98 Å². The molecule has 170 valence electrons. The van der Waals surface area contributed by atoms with Gasteiger partial charge in [-0.15, -0.1) is 0 Å². The molecule has 1 saturated heterocycles. The Kier molecular flexibility index (Phi) is 7.51. The van der Waals surface area contributed by atoms with E-state index < -0.39 is 11.7 Å². The standard InChI is InChI=1S/C23H25F3N4OS/c24-23(25,26)18-5-8-20(9-6-18)32-29-21-3-1-2-17-4-7-19(28-22(17)21)16-27-10-11-30-12-14-31-15-13-30/h1-9,27,29H,10-16H2. The number of ether oxygens (including phenoxy) is 1. The van der Waals surface area contributed by atoms with E-state index in [0.29, 0.717) is 11.4 Å². The number of nitrogens with one attached hydrogen (secondary N) is 2. The van der Waals surface area contributed by atoms with Crippen molar-refractivity contribution in [2.24, 2.45) is 0 Å². The number of aromatic nitrogens is 1. The van der Waals surface area contributed by atoms with E-state index in [1.807, 2.05) is 30.3 Å². The zero-order chi connectivity index (χ0) is 22.4. The molecule has 3 aromatic rings. The topological polar surface area (TPSA) is 49.4 Å². The van der Waals surface area contributed by atoms with E-state index >= 15 is 0 Å². The van der Waals surface area contributed by atoms with Crippen LogP contribution in [0.3, 0.4) is 0 Å². The van der Waals surface area contributed by atoms with Crippen LogP contribution in [0.2, 0.25) is 0 Å². The Morgan fingerprint density at radius 2 is 1.78 bits per heavy atom. The van der Waals surface area contributed by atoms with Crippen molar-refractivity contribution in [1.82, 2.24) is 15.2 Å². The molecule has 0 unspecified atom stereocenters. The van der Waals surface area contributed by atoms with E-state index in [2.05, 4.69) is 14.9 Å². The average molecular weight is 463 g/mol. The van der Waals surface area contributed by atoms with Gasteiger partial charge in [0.15, 0.2) is 0 Å². The molecular formula is C23H25F3N4OS. The van der Waals surface area contributed by atoms with Crippen LogP contribution in [0.4, 0.5) is 18.9 Å². The minimum Gasteiger partial charge on any atom is -0.379 e. The van der Waals surface area contributed by atoms with Crippen molar-refractivity contribution in [1.29, 1.82) is 0 Å². The van der Waals surface area contributed by atoms with Gasteiger partial charge in [0, 0.05) is 43.0 Å². The third kappa shape index (κ3) is 6.13. The van der Waals surface area contributed by atoms with Crippen molar-refractivity contribution in [3.05, 3.63) is 65.9 Å². The molecule has 9 heteroatoms. The van der Waals surface area contributed by atoms with Gasteiger partial charge in [0.25, 0.3) is 0 Å². The average Bonchev–Trinajstić information content (AvgIpc) is 2.81. The zero-order valence-electron chi connectivity index (χ0n) is 17.5. The Morgan fingerprint density at radius 1 is 1.00 bits per heavy atom. The Labute approximate surface area is 189 Å². The summed E-state index contributed by atoms with van der Waals surface area (Å²) >= 11 is 1.26. The molecule has 1 aliphatic heterocycles. The Hall–Kier alpha value is -2.33. The quantitative estimate of drug-likeness (QED) is 0.371. The number of alkyl halides is 3. The first kappa shape index (κ1) is 22.8. The Morgan fingerprint density at radius 3 is 2.53 bits per heavy atom. The lowest BCUT2D eigenvalue weighted by atomic mass is 10.2. The van der Waals surface area contributed by atoms with Gasteiger partial charge in [-0.05, 0) is 48.3 Å². The number of rotatable bonds is 8. The minimum absolute atomic E-state index is 0.653. The minimum atomic E-state index is -4.33. The molecule has 0 atom stereocenters. The molecule has 1 fully saturated rings. The number of nitrogens with zero attached hydrogens (tertiary/aromatic N) is 2. The van der Waals surface area contributed by atoms with Gasteiger partial charge in [-0.3, -0.25) is 4.90 Å². The fourth-order valence-electron chi connectivity index (χ4n) is 3.47. The summed E-state index contributed by atoms with van der Waals surface area (Å²) in [6.45, 7) is 6.07. The maximum absolute atomic E-state index is 12.7. The summed E-state index contributed by atoms with van der Waals surface area (Å²) < 4.78 is 46.8. The molecule has 1 aliphatic rings. The number of fused-ring (bicyclic) bond motifs is 1. The molecule has 2 aromatic carbocycles. The first-order valence-corrected chi connectivity index (χ1v) is 11.3. The summed E-state index contributed by atoms with van der Waals surface area (Å²) in [7, 11) is 0. The van der Waals surface area contributed by atoms with Crippen LogP contribution in [-0.4, -0.2) is 49.3 Å². The largest absolute Gasteiger partial charge is 0.416 e. The fourth-order valence-corrected chi connectivity index (χ4v) is 4.14. The van der Waals surface area contributed by atoms with Gasteiger partial charge in [-0.1, -0.05) is 18.2 Å². The van der Waals surface area contributed by atoms with Gasteiger partial charge < -0.3 is 14.8 Å². The van der Waals surface area contributed by atoms with Crippen molar-refractivity contribution in [3.8, 4) is 0 Å². The fraction of sp³-hybridized carbons (Fsp3) is 0.348. The lowest BCUT2D eigenvalue weighted by Crippen LogP contribution is -2.40. The van der Waals surface area contributed by atoms with E-state index in [0.717, 1.165) is 73.8 Å². The van der Waals surface area contributed by atoms with Crippen LogP contribution in [0, 0.1) is 0 Å². The van der Waals surface area contributed by atoms with Crippen LogP contribution >= 0.6 is 11.9 Å². The highest BCUT2D eigenvalue weighted by atomic mass is 32.2. The van der Waals surface area contributed by atoms with Crippen LogP contribution in [0.25, 0.3) is 10.9 Å². The molecule has 5 nitrogen and oxygen atoms in total. The third-order valence-electron chi connectivity index (χ3n) is 5.25. The lowest BCUT2D eigenvalue weighted by molar-refractivity contribution is -0.137. The van der Waals surface area contributed by atoms with E-state index in [1.165, 1.54) is 24.1 Å². The molecule has 0 aliphatic carbocycles. The molecule has 1 aromatic heterocycles. The third-order valence-corrected chi connectivity index (χ3v) is 6.08. The molecule has 4 rings (SSSR count). The normalized spacial score (nSPS) is 15.2. The maximum atomic E-state index is 12.7. The van der Waals surface area contributed by atoms with Crippen LogP contribution in [0.5, 0.6) is 0 Å². The highest BCUT2D eigenvalue weighted by molar-refractivity contribution is 8.00. The van der Waals surface area contributed by atoms with Gasteiger partial charge >= 0.3 is 6.18 Å². The second-order valence-corrected chi connectivity index (χ2v) is 8.42. The molecule has 0 saturated carbocycles. The summed E-state index contributed by atoms with van der Waals surface area (Å²) in [4.78, 5) is 7.87. The zero-order valence-corrected chi connectivity index (χ0v) is 18.3. The van der Waals surface area contributed by atoms with Crippen LogP contribution < -0.4 is 10.0 Å². The summed E-state index contributed by atoms with van der Waals surface area (Å²) in [6, 6.07) is 15.0. The molecule has 0 spiro atoms. The monoisotopic (exact) mass is 462 g/mol. The van der Waals surface area contributed by atoms with E-state index in [-0.39, 0.29) is 0 Å². The maximum Gasteiger partial charge on any atom is 0.416 e. The smallest absolute Gasteiger partial charge is 0.379 e. The van der Waals surface area contributed by atoms with Gasteiger partial charge in [0.1, 0.15) is 0 Å². The van der Waals surface area contributed by atoms with Crippen molar-refractivity contribution in [2.45, 2.75) is 17.6 Å². The number of hydrogen-bond acceptors (Lipinski definition) is 6. The highest BCUT2D eigenvalue weighted by Gasteiger charge is 2.29. The highest BCUT2D eigenvalue weighted by Crippen LogP contribution is 2.32. The summed E-state index contributed by atoms with van der Waals surface area (Å²) in [5, 5.41) is 4.45. The van der Waals surface area contributed by atoms with E-state index in [4.69, 9.17) is 9.72 Å². The number of anilines is 1. The van der Waals surface area contributed by atoms with Gasteiger partial charge in [-0.2, -0.15) is 13.2 Å². The lowest BCUT2D eigenvalue weighted by Gasteiger charge is -2.26. The summed E-state index contributed by atoms with van der Waals surface area (Å²) in [5.74, 6) is 0. The molecule has 32 heavy (non-hydrogen) atoms. The van der Waals surface area contributed by atoms with Gasteiger partial charge in [0.2, 0.25) is 0 Å². The molecule has 0 bridgehead atoms. The Bertz CT molecular complexity index is 1020. The van der Waals surface area contributed by atoms with E-state index in [9.17, 15) is 13.2 Å². The number of pyridine rings is 1. The van der Waals surface area contributed by atoms with Crippen molar-refractivity contribution < 1.29 is 17.9 Å². The molecule has 2 heterocycles. The Balaban J connectivity index is 1.36. The molecule has 0 amide bonds. The van der Waals surface area contributed by atoms with Crippen LogP contribution in [0.1, 0.15) is 11.3 Å². The van der Waals surface area contributed by atoms with Crippen molar-refractivity contribution >= 4 is 28.5 Å². The number of hydrogen-bond donors (Lipinski definition) is 2. The first-order valence-electron chi connectivity index (χ1n) is 10.5. The van der Waals surface area contributed by atoms with Gasteiger partial charge in [0.05, 0.1) is 35.7 Å². The molecule has 2 N–H and O–H groups in total.